The van der Waals surface area contributed by atoms with Gasteiger partial charge < -0.3 is 9.88 Å². The van der Waals surface area contributed by atoms with E-state index in [2.05, 4.69) is 73.1 Å². The number of aryl methyl sites for hydroxylation is 1. The van der Waals surface area contributed by atoms with Crippen LogP contribution in [0.5, 0.6) is 0 Å². The first kappa shape index (κ1) is 23.9. The van der Waals surface area contributed by atoms with Crippen molar-refractivity contribution in [3.05, 3.63) is 90.1 Å². The average molecular weight is 603 g/mol. The summed E-state index contributed by atoms with van der Waals surface area (Å²) >= 11 is 6.73. The van der Waals surface area contributed by atoms with Crippen molar-refractivity contribution in [2.24, 2.45) is 5.92 Å². The van der Waals surface area contributed by atoms with Crippen LogP contribution in [0.1, 0.15) is 40.1 Å². The Morgan fingerprint density at radius 3 is 2.77 bits per heavy atom. The number of carbonyl (C=O) groups excluding carboxylic acids is 1. The van der Waals surface area contributed by atoms with Gasteiger partial charge in [-0.3, -0.25) is 9.59 Å². The number of pyridine rings is 1. The van der Waals surface area contributed by atoms with Crippen molar-refractivity contribution in [3.8, 4) is 0 Å². The summed E-state index contributed by atoms with van der Waals surface area (Å²) in [6, 6.07) is 9.08. The molecule has 180 valence electrons. The van der Waals surface area contributed by atoms with E-state index in [1.165, 1.54) is 18.3 Å². The molecule has 1 atom stereocenters. The number of halogens is 3. The Hall–Kier alpha value is -2.85. The predicted molar refractivity (Wildman–Crippen MR) is 138 cm³/mol. The van der Waals surface area contributed by atoms with Crippen molar-refractivity contribution >= 4 is 48.7 Å². The fraction of sp³-hybridized carbons (Fsp3) is 0.280. The first-order valence-corrected chi connectivity index (χ1v) is 12.8. The van der Waals surface area contributed by atoms with Crippen LogP contribution in [0.3, 0.4) is 0 Å². The van der Waals surface area contributed by atoms with Gasteiger partial charge in [0.1, 0.15) is 11.4 Å². The molecule has 1 aliphatic rings. The number of nitrogens with one attached hydrogen (secondary N) is 1. The average Bonchev–Trinajstić information content (AvgIpc) is 3.26. The number of rotatable bonds is 5. The maximum atomic E-state index is 14.1. The summed E-state index contributed by atoms with van der Waals surface area (Å²) in [6.45, 7) is 5.19. The molecule has 7 nitrogen and oxygen atoms in total. The number of carbonyl (C=O) groups is 1. The lowest BCUT2D eigenvalue weighted by molar-refractivity contribution is 0.0498. The van der Waals surface area contributed by atoms with E-state index in [-0.39, 0.29) is 34.3 Å². The molecular formula is C25H22Br2FN5O2. The molecule has 4 aromatic rings. The molecule has 0 saturated carbocycles. The normalized spacial score (nSPS) is 14.8. The molecule has 1 amide bonds. The maximum Gasteiger partial charge on any atom is 0.259 e. The molecule has 0 unspecified atom stereocenters. The number of likely N-dealkylation sites (tertiary alicyclic amines) is 1. The molecule has 1 N–H and O–H groups in total. The lowest BCUT2D eigenvalue weighted by Gasteiger charge is -2.38. The molecule has 35 heavy (non-hydrogen) atoms. The zero-order valence-corrected chi connectivity index (χ0v) is 22.2. The third kappa shape index (κ3) is 4.56. The van der Waals surface area contributed by atoms with E-state index in [9.17, 15) is 14.0 Å². The number of hydrogen-bond donors (Lipinski definition) is 1. The number of aromatic nitrogens is 4. The van der Waals surface area contributed by atoms with Gasteiger partial charge in [-0.25, -0.2) is 9.07 Å². The van der Waals surface area contributed by atoms with Crippen LogP contribution in [0.2, 0.25) is 0 Å². The molecule has 1 saturated heterocycles. The highest BCUT2D eigenvalue weighted by molar-refractivity contribution is 9.10. The summed E-state index contributed by atoms with van der Waals surface area (Å²) in [5.74, 6) is -0.666. The fourth-order valence-corrected chi connectivity index (χ4v) is 5.10. The summed E-state index contributed by atoms with van der Waals surface area (Å²) in [7, 11) is 0. The van der Waals surface area contributed by atoms with Crippen LogP contribution in [0.4, 0.5) is 4.39 Å². The van der Waals surface area contributed by atoms with Crippen molar-refractivity contribution in [1.82, 2.24) is 24.9 Å². The van der Waals surface area contributed by atoms with Gasteiger partial charge in [-0.15, -0.1) is 5.10 Å². The smallest absolute Gasteiger partial charge is 0.259 e. The molecule has 2 aromatic carbocycles. The summed E-state index contributed by atoms with van der Waals surface area (Å²) in [5.41, 5.74) is 2.80. The highest BCUT2D eigenvalue weighted by Gasteiger charge is 2.33. The van der Waals surface area contributed by atoms with E-state index in [0.29, 0.717) is 24.0 Å². The van der Waals surface area contributed by atoms with Crippen molar-refractivity contribution in [1.29, 1.82) is 0 Å². The van der Waals surface area contributed by atoms with Crippen molar-refractivity contribution < 1.29 is 9.18 Å². The molecular weight excluding hydrogens is 581 g/mol. The first-order chi connectivity index (χ1) is 16.7. The third-order valence-electron chi connectivity index (χ3n) is 6.50. The summed E-state index contributed by atoms with van der Waals surface area (Å²) in [5, 5.41) is 8.77. The lowest BCUT2D eigenvalue weighted by Crippen LogP contribution is -2.51. The number of benzene rings is 2. The van der Waals surface area contributed by atoms with Gasteiger partial charge in [-0.1, -0.05) is 49.2 Å². The van der Waals surface area contributed by atoms with Gasteiger partial charge in [0.05, 0.1) is 22.6 Å². The molecule has 1 fully saturated rings. The molecule has 0 spiro atoms. The Balaban J connectivity index is 1.24. The van der Waals surface area contributed by atoms with Crippen LogP contribution in [-0.2, 0) is 6.42 Å². The second kappa shape index (κ2) is 9.31. The number of aromatic amines is 1. The van der Waals surface area contributed by atoms with Crippen LogP contribution in [0.25, 0.3) is 10.9 Å². The van der Waals surface area contributed by atoms with Gasteiger partial charge in [0.25, 0.3) is 5.91 Å². The SMILES string of the molecule is Cc1cc([C@H](C)n2cc(CC3CN(C(=O)c4c[nH]c5c(F)cc(Br)cc5c4=O)C3)nn2)ccc1Br. The Bertz CT molecular complexity index is 1510. The van der Waals surface area contributed by atoms with Gasteiger partial charge >= 0.3 is 0 Å². The Labute approximate surface area is 217 Å². The molecule has 5 rings (SSSR count). The number of fused-ring (bicyclic) bond motifs is 1. The highest BCUT2D eigenvalue weighted by atomic mass is 79.9. The lowest BCUT2D eigenvalue weighted by atomic mass is 9.94. The third-order valence-corrected chi connectivity index (χ3v) is 7.84. The number of H-pyrrole nitrogens is 1. The van der Waals surface area contributed by atoms with Gasteiger partial charge in [0.15, 0.2) is 0 Å². The summed E-state index contributed by atoms with van der Waals surface area (Å²) < 4.78 is 17.5. The van der Waals surface area contributed by atoms with Crippen molar-refractivity contribution in [2.75, 3.05) is 13.1 Å². The van der Waals surface area contributed by atoms with E-state index in [1.54, 1.807) is 4.90 Å². The van der Waals surface area contributed by atoms with E-state index >= 15 is 0 Å². The van der Waals surface area contributed by atoms with Crippen LogP contribution >= 0.6 is 31.9 Å². The van der Waals surface area contributed by atoms with Gasteiger partial charge in [0, 0.05) is 34.4 Å². The fourth-order valence-electron chi connectivity index (χ4n) is 4.42. The Morgan fingerprint density at radius 2 is 2.03 bits per heavy atom. The minimum Gasteiger partial charge on any atom is -0.358 e. The molecule has 0 radical (unpaired) electrons. The molecule has 3 heterocycles. The van der Waals surface area contributed by atoms with E-state index in [4.69, 9.17) is 0 Å². The van der Waals surface area contributed by atoms with Crippen molar-refractivity contribution in [3.63, 3.8) is 0 Å². The topological polar surface area (TPSA) is 83.9 Å². The van der Waals surface area contributed by atoms with E-state index in [0.717, 1.165) is 21.3 Å². The van der Waals surface area contributed by atoms with Gasteiger partial charge in [-0.05, 0) is 55.5 Å². The second-order valence-corrected chi connectivity index (χ2v) is 10.8. The summed E-state index contributed by atoms with van der Waals surface area (Å²) in [6.07, 6.45) is 3.95. The Morgan fingerprint density at radius 1 is 1.26 bits per heavy atom. The zero-order valence-electron chi connectivity index (χ0n) is 19.1. The second-order valence-electron chi connectivity index (χ2n) is 9.00. The van der Waals surface area contributed by atoms with Crippen molar-refractivity contribution in [2.45, 2.75) is 26.3 Å². The van der Waals surface area contributed by atoms with E-state index < -0.39 is 11.2 Å². The van der Waals surface area contributed by atoms with Gasteiger partial charge in [0.2, 0.25) is 5.43 Å². The predicted octanol–water partition coefficient (Wildman–Crippen LogP) is 5.02. The summed E-state index contributed by atoms with van der Waals surface area (Å²) in [4.78, 5) is 30.2. The maximum absolute atomic E-state index is 14.1. The number of hydrogen-bond acceptors (Lipinski definition) is 4. The monoisotopic (exact) mass is 601 g/mol. The molecule has 2 aromatic heterocycles. The van der Waals surface area contributed by atoms with Crippen LogP contribution in [0, 0.1) is 18.7 Å². The van der Waals surface area contributed by atoms with E-state index in [1.807, 2.05) is 16.9 Å². The molecule has 0 bridgehead atoms. The van der Waals surface area contributed by atoms with Crippen LogP contribution in [0.15, 0.2) is 56.5 Å². The Kier molecular flexibility index (Phi) is 6.35. The molecule has 1 aliphatic heterocycles. The number of amides is 1. The van der Waals surface area contributed by atoms with Crippen LogP contribution < -0.4 is 5.43 Å². The van der Waals surface area contributed by atoms with Gasteiger partial charge in [-0.2, -0.15) is 0 Å². The highest BCUT2D eigenvalue weighted by Crippen LogP contribution is 2.26. The minimum atomic E-state index is -0.549. The molecule has 0 aliphatic carbocycles. The number of nitrogens with zero attached hydrogens (tertiary/aromatic N) is 4. The minimum absolute atomic E-state index is 0.0120. The van der Waals surface area contributed by atoms with Crippen LogP contribution in [-0.4, -0.2) is 43.9 Å². The largest absolute Gasteiger partial charge is 0.358 e. The zero-order chi connectivity index (χ0) is 24.9. The quantitative estimate of drug-likeness (QED) is 0.348. The first-order valence-electron chi connectivity index (χ1n) is 11.2. The molecule has 10 heteroatoms. The standard InChI is InChI=1S/C25H22Br2FN5O2/c1-13-5-16(3-4-21(13)27)14(2)33-12-18(30-31-33)6-15-10-32(11-15)25(35)20-9-29-23-19(24(20)34)7-17(26)8-22(23)28/h3-5,7-9,12,14-15H,6,10-11H2,1-2H3,(H,29,34)/t14-/m0/s1.